The smallest absolute Gasteiger partial charge is 0.321 e. The van der Waals surface area contributed by atoms with E-state index in [0.29, 0.717) is 31.2 Å². The van der Waals surface area contributed by atoms with Crippen LogP contribution in [0, 0.1) is 0 Å². The van der Waals surface area contributed by atoms with Crippen molar-refractivity contribution < 1.29 is 18.8 Å². The third-order valence-electron chi connectivity index (χ3n) is 3.94. The molecule has 1 fully saturated rings. The predicted octanol–water partition coefficient (Wildman–Crippen LogP) is 2.54. The zero-order valence-electron chi connectivity index (χ0n) is 12.3. The van der Waals surface area contributed by atoms with Crippen molar-refractivity contribution in [2.24, 2.45) is 0 Å². The van der Waals surface area contributed by atoms with Gasteiger partial charge in [-0.2, -0.15) is 4.98 Å². The Morgan fingerprint density at radius 2 is 2.15 bits per heavy atom. The van der Waals surface area contributed by atoms with Gasteiger partial charge in [-0.3, -0.25) is 4.79 Å². The Hall–Kier alpha value is -1.43. The maximum absolute atomic E-state index is 12.3. The molecule has 1 aliphatic rings. The average molecular weight is 282 g/mol. The molecular weight excluding hydrogens is 260 g/mol. The van der Waals surface area contributed by atoms with Crippen LogP contribution in [0.2, 0.25) is 0 Å². The fraction of sp³-hybridized carbons (Fsp3) is 0.786. The van der Waals surface area contributed by atoms with Crippen LogP contribution < -0.4 is 0 Å². The van der Waals surface area contributed by atoms with Gasteiger partial charge < -0.3 is 14.0 Å². The van der Waals surface area contributed by atoms with Gasteiger partial charge in [0.2, 0.25) is 11.7 Å². The Morgan fingerprint density at radius 1 is 1.40 bits per heavy atom. The maximum Gasteiger partial charge on any atom is 0.321 e. The van der Waals surface area contributed by atoms with Crippen LogP contribution >= 0.6 is 0 Å². The number of hydrogen-bond acceptors (Lipinski definition) is 6. The average Bonchev–Trinajstić information content (AvgIpc) is 3.12. The van der Waals surface area contributed by atoms with Crippen LogP contribution in [-0.4, -0.2) is 29.3 Å². The molecule has 0 amide bonds. The van der Waals surface area contributed by atoms with Crippen molar-refractivity contribution in [3.05, 3.63) is 11.7 Å². The normalized spacial score (nSPS) is 19.2. The molecular formula is C14H22N2O4. The molecule has 2 heterocycles. The predicted molar refractivity (Wildman–Crippen MR) is 71.1 cm³/mol. The second-order valence-electron chi connectivity index (χ2n) is 4.97. The summed E-state index contributed by atoms with van der Waals surface area (Å²) < 4.78 is 16.1. The van der Waals surface area contributed by atoms with Crippen molar-refractivity contribution >= 4 is 5.97 Å². The van der Waals surface area contributed by atoms with Crippen LogP contribution in [0.15, 0.2) is 4.52 Å². The number of ether oxygens (including phenoxy) is 2. The van der Waals surface area contributed by atoms with E-state index in [-0.39, 0.29) is 12.1 Å². The minimum Gasteiger partial charge on any atom is -0.465 e. The Balaban J connectivity index is 2.27. The van der Waals surface area contributed by atoms with Gasteiger partial charge in [-0.15, -0.1) is 0 Å². The third kappa shape index (κ3) is 2.57. The van der Waals surface area contributed by atoms with Gasteiger partial charge in [-0.05, 0) is 32.6 Å². The molecule has 1 aromatic rings. The number of esters is 1. The van der Waals surface area contributed by atoms with Gasteiger partial charge in [0, 0.05) is 6.61 Å². The van der Waals surface area contributed by atoms with Crippen molar-refractivity contribution in [1.29, 1.82) is 0 Å². The van der Waals surface area contributed by atoms with Gasteiger partial charge in [0.15, 0.2) is 0 Å². The minimum atomic E-state index is -0.847. The molecule has 0 aromatic carbocycles. The van der Waals surface area contributed by atoms with Gasteiger partial charge in [0.05, 0.1) is 6.61 Å². The molecule has 112 valence electrons. The van der Waals surface area contributed by atoms with E-state index < -0.39 is 5.41 Å². The largest absolute Gasteiger partial charge is 0.465 e. The molecule has 0 radical (unpaired) electrons. The van der Waals surface area contributed by atoms with E-state index in [9.17, 15) is 4.79 Å². The second-order valence-corrected chi connectivity index (χ2v) is 4.97. The molecule has 20 heavy (non-hydrogen) atoms. The van der Waals surface area contributed by atoms with Crippen molar-refractivity contribution in [1.82, 2.24) is 10.1 Å². The van der Waals surface area contributed by atoms with Gasteiger partial charge >= 0.3 is 5.97 Å². The van der Waals surface area contributed by atoms with Crippen LogP contribution in [0.5, 0.6) is 0 Å². The summed E-state index contributed by atoms with van der Waals surface area (Å²) in [4.78, 5) is 16.7. The lowest BCUT2D eigenvalue weighted by molar-refractivity contribution is -0.151. The second kappa shape index (κ2) is 6.35. The number of rotatable bonds is 6. The SMILES string of the molecule is CCOC(=O)C(CC)(CC)c1nc(C2CCCO2)no1. The number of aromatic nitrogens is 2. The highest BCUT2D eigenvalue weighted by Gasteiger charge is 2.44. The molecule has 6 heteroatoms. The summed E-state index contributed by atoms with van der Waals surface area (Å²) in [5, 5.41) is 3.98. The van der Waals surface area contributed by atoms with Crippen LogP contribution in [-0.2, 0) is 19.7 Å². The summed E-state index contributed by atoms with van der Waals surface area (Å²) in [6.45, 7) is 6.71. The molecule has 6 nitrogen and oxygen atoms in total. The molecule has 1 aliphatic heterocycles. The number of carbonyl (C=O) groups excluding carboxylic acids is 1. The quantitative estimate of drug-likeness (QED) is 0.746. The third-order valence-corrected chi connectivity index (χ3v) is 3.94. The standard InChI is InChI=1S/C14H22N2O4/c1-4-14(5-2,13(17)18-6-3)12-15-11(16-20-12)10-8-7-9-19-10/h10H,4-9H2,1-3H3. The lowest BCUT2D eigenvalue weighted by atomic mass is 9.82. The van der Waals surface area contributed by atoms with E-state index >= 15 is 0 Å². The first-order valence-electron chi connectivity index (χ1n) is 7.30. The lowest BCUT2D eigenvalue weighted by Gasteiger charge is -2.24. The van der Waals surface area contributed by atoms with E-state index in [1.807, 2.05) is 13.8 Å². The van der Waals surface area contributed by atoms with Gasteiger partial charge in [-0.25, -0.2) is 0 Å². The van der Waals surface area contributed by atoms with Crippen molar-refractivity contribution in [3.63, 3.8) is 0 Å². The van der Waals surface area contributed by atoms with Gasteiger partial charge in [-0.1, -0.05) is 19.0 Å². The summed E-state index contributed by atoms with van der Waals surface area (Å²) >= 11 is 0. The lowest BCUT2D eigenvalue weighted by Crippen LogP contribution is -2.37. The summed E-state index contributed by atoms with van der Waals surface area (Å²) in [6, 6.07) is 0. The first-order valence-corrected chi connectivity index (χ1v) is 7.30. The molecule has 1 atom stereocenters. The first-order chi connectivity index (χ1) is 9.67. The van der Waals surface area contributed by atoms with Crippen molar-refractivity contribution in [2.75, 3.05) is 13.2 Å². The fourth-order valence-electron chi connectivity index (χ4n) is 2.54. The molecule has 0 N–H and O–H groups in total. The van der Waals surface area contributed by atoms with Crippen LogP contribution in [0.25, 0.3) is 0 Å². The van der Waals surface area contributed by atoms with Crippen LogP contribution in [0.3, 0.4) is 0 Å². The first kappa shape index (κ1) is 15.0. The molecule has 1 saturated heterocycles. The summed E-state index contributed by atoms with van der Waals surface area (Å²) in [6.07, 6.45) is 2.91. The van der Waals surface area contributed by atoms with E-state index in [1.54, 1.807) is 6.92 Å². The highest BCUT2D eigenvalue weighted by molar-refractivity contribution is 5.81. The highest BCUT2D eigenvalue weighted by atomic mass is 16.5. The highest BCUT2D eigenvalue weighted by Crippen LogP contribution is 2.34. The van der Waals surface area contributed by atoms with Crippen LogP contribution in [0.1, 0.15) is 64.3 Å². The van der Waals surface area contributed by atoms with Crippen molar-refractivity contribution in [2.45, 2.75) is 58.0 Å². The maximum atomic E-state index is 12.3. The van der Waals surface area contributed by atoms with Gasteiger partial charge in [0.25, 0.3) is 0 Å². The number of nitrogens with zero attached hydrogens (tertiary/aromatic N) is 2. The van der Waals surface area contributed by atoms with E-state index in [2.05, 4.69) is 10.1 Å². The molecule has 0 aliphatic carbocycles. The molecule has 0 bridgehead atoms. The Labute approximate surface area is 118 Å². The van der Waals surface area contributed by atoms with E-state index in [1.165, 1.54) is 0 Å². The van der Waals surface area contributed by atoms with E-state index in [4.69, 9.17) is 14.0 Å². The van der Waals surface area contributed by atoms with E-state index in [0.717, 1.165) is 19.4 Å². The summed E-state index contributed by atoms with van der Waals surface area (Å²) in [7, 11) is 0. The van der Waals surface area contributed by atoms with Crippen LogP contribution in [0.4, 0.5) is 0 Å². The summed E-state index contributed by atoms with van der Waals surface area (Å²) in [5.41, 5.74) is -0.847. The zero-order chi connectivity index (χ0) is 14.6. The number of carbonyl (C=O) groups is 1. The Kier molecular flexibility index (Phi) is 4.75. The monoisotopic (exact) mass is 282 g/mol. The zero-order valence-corrected chi connectivity index (χ0v) is 12.3. The topological polar surface area (TPSA) is 74.5 Å². The molecule has 0 saturated carbocycles. The number of hydrogen-bond donors (Lipinski definition) is 0. The summed E-state index contributed by atoms with van der Waals surface area (Å²) in [5.74, 6) is 0.576. The fourth-order valence-corrected chi connectivity index (χ4v) is 2.54. The van der Waals surface area contributed by atoms with Crippen molar-refractivity contribution in [3.8, 4) is 0 Å². The molecule has 1 aromatic heterocycles. The van der Waals surface area contributed by atoms with Gasteiger partial charge in [0.1, 0.15) is 11.5 Å². The molecule has 0 spiro atoms. The Bertz CT molecular complexity index is 448. The minimum absolute atomic E-state index is 0.110. The molecule has 1 unspecified atom stereocenters. The Morgan fingerprint density at radius 3 is 2.70 bits per heavy atom. The molecule has 2 rings (SSSR count).